The van der Waals surface area contributed by atoms with Crippen molar-refractivity contribution in [2.24, 2.45) is 5.92 Å². The third kappa shape index (κ3) is 4.48. The Bertz CT molecular complexity index is 796. The second kappa shape index (κ2) is 8.70. The summed E-state index contributed by atoms with van der Waals surface area (Å²) in [6.07, 6.45) is 6.23. The Morgan fingerprint density at radius 1 is 1.30 bits per heavy atom. The lowest BCUT2D eigenvalue weighted by Crippen LogP contribution is -2.35. The Kier molecular flexibility index (Phi) is 6.11. The minimum Gasteiger partial charge on any atom is -0.496 e. The highest BCUT2D eigenvalue weighted by atomic mass is 16.5. The molecule has 1 aromatic heterocycles. The standard InChI is InChI=1S/C20H25N3O4/c1-27-18-9-5-2-6-14(18)12-15(20(25)26)13-21-19(24)17-10-11-22-23(17)16-7-3-4-8-16/h2,5-6,9-11,15-16H,3-4,7-8,12-13H2,1H3,(H,21,24)(H,25,26). The summed E-state index contributed by atoms with van der Waals surface area (Å²) >= 11 is 0. The van der Waals surface area contributed by atoms with Gasteiger partial charge in [-0.15, -0.1) is 0 Å². The molecule has 1 aliphatic rings. The molecule has 1 amide bonds. The number of carbonyl (C=O) groups is 2. The van der Waals surface area contributed by atoms with Gasteiger partial charge in [-0.2, -0.15) is 5.10 Å². The van der Waals surface area contributed by atoms with Crippen LogP contribution in [0.5, 0.6) is 5.75 Å². The molecular weight excluding hydrogens is 346 g/mol. The molecule has 1 heterocycles. The van der Waals surface area contributed by atoms with Crippen molar-refractivity contribution >= 4 is 11.9 Å². The molecule has 1 saturated carbocycles. The number of ether oxygens (including phenoxy) is 1. The molecule has 7 nitrogen and oxygen atoms in total. The third-order valence-corrected chi connectivity index (χ3v) is 5.09. The molecule has 3 rings (SSSR count). The van der Waals surface area contributed by atoms with Crippen molar-refractivity contribution in [1.29, 1.82) is 0 Å². The summed E-state index contributed by atoms with van der Waals surface area (Å²) in [5, 5.41) is 16.6. The van der Waals surface area contributed by atoms with E-state index in [1.165, 1.54) is 0 Å². The van der Waals surface area contributed by atoms with Crippen molar-refractivity contribution < 1.29 is 19.4 Å². The highest BCUT2D eigenvalue weighted by Crippen LogP contribution is 2.29. The van der Waals surface area contributed by atoms with E-state index in [0.717, 1.165) is 31.2 Å². The molecule has 1 atom stereocenters. The number of nitrogens with zero attached hydrogens (tertiary/aromatic N) is 2. The number of benzene rings is 1. The van der Waals surface area contributed by atoms with Crippen molar-refractivity contribution in [2.45, 2.75) is 38.1 Å². The van der Waals surface area contributed by atoms with E-state index in [9.17, 15) is 14.7 Å². The van der Waals surface area contributed by atoms with Crippen molar-refractivity contribution in [3.63, 3.8) is 0 Å². The lowest BCUT2D eigenvalue weighted by atomic mass is 9.98. The first-order valence-electron chi connectivity index (χ1n) is 9.26. The zero-order chi connectivity index (χ0) is 19.2. The number of para-hydroxylation sites is 1. The number of carboxylic acid groups (broad SMARTS) is 1. The van der Waals surface area contributed by atoms with Crippen LogP contribution < -0.4 is 10.1 Å². The fourth-order valence-corrected chi connectivity index (χ4v) is 3.62. The number of nitrogens with one attached hydrogen (secondary N) is 1. The summed E-state index contributed by atoms with van der Waals surface area (Å²) in [6.45, 7) is 0.0437. The van der Waals surface area contributed by atoms with E-state index in [0.29, 0.717) is 11.4 Å². The van der Waals surface area contributed by atoms with Gasteiger partial charge in [0.25, 0.3) is 5.91 Å². The fourth-order valence-electron chi connectivity index (χ4n) is 3.62. The van der Waals surface area contributed by atoms with Gasteiger partial charge in [0.2, 0.25) is 0 Å². The Morgan fingerprint density at radius 3 is 2.74 bits per heavy atom. The van der Waals surface area contributed by atoms with E-state index in [4.69, 9.17) is 4.74 Å². The summed E-state index contributed by atoms with van der Waals surface area (Å²) in [5.74, 6) is -1.33. The summed E-state index contributed by atoms with van der Waals surface area (Å²) in [4.78, 5) is 24.3. The highest BCUT2D eigenvalue weighted by Gasteiger charge is 2.25. The number of amides is 1. The average molecular weight is 371 g/mol. The van der Waals surface area contributed by atoms with Gasteiger partial charge in [-0.1, -0.05) is 31.0 Å². The van der Waals surface area contributed by atoms with E-state index in [1.807, 2.05) is 18.2 Å². The fraction of sp³-hybridized carbons (Fsp3) is 0.450. The van der Waals surface area contributed by atoms with Crippen LogP contribution in [-0.2, 0) is 11.2 Å². The zero-order valence-corrected chi connectivity index (χ0v) is 15.4. The quantitative estimate of drug-likeness (QED) is 0.744. The van der Waals surface area contributed by atoms with Crippen molar-refractivity contribution in [2.75, 3.05) is 13.7 Å². The molecule has 0 spiro atoms. The summed E-state index contributed by atoms with van der Waals surface area (Å²) in [6, 6.07) is 9.26. The van der Waals surface area contributed by atoms with Crippen LogP contribution in [0, 0.1) is 5.92 Å². The molecule has 144 valence electrons. The predicted octanol–water partition coefficient (Wildman–Crippen LogP) is 2.68. The zero-order valence-electron chi connectivity index (χ0n) is 15.4. The lowest BCUT2D eigenvalue weighted by Gasteiger charge is -2.17. The van der Waals surface area contributed by atoms with Crippen LogP contribution in [0.4, 0.5) is 0 Å². The summed E-state index contributed by atoms with van der Waals surface area (Å²) in [5.41, 5.74) is 1.29. The SMILES string of the molecule is COc1ccccc1CC(CNC(=O)c1ccnn1C1CCCC1)C(=O)O. The molecule has 7 heteroatoms. The normalized spacial score (nSPS) is 15.4. The van der Waals surface area contributed by atoms with Crippen LogP contribution in [0.2, 0.25) is 0 Å². The highest BCUT2D eigenvalue weighted by molar-refractivity contribution is 5.92. The van der Waals surface area contributed by atoms with Gasteiger partial charge in [0, 0.05) is 12.7 Å². The van der Waals surface area contributed by atoms with Crippen molar-refractivity contribution in [3.05, 3.63) is 47.8 Å². The number of carboxylic acids is 1. The number of methoxy groups -OCH3 is 1. The minimum atomic E-state index is -0.953. The topological polar surface area (TPSA) is 93.5 Å². The Balaban J connectivity index is 1.65. The Labute approximate surface area is 158 Å². The molecule has 0 saturated heterocycles. The van der Waals surface area contributed by atoms with Gasteiger partial charge in [0.05, 0.1) is 19.1 Å². The maximum absolute atomic E-state index is 12.6. The van der Waals surface area contributed by atoms with Gasteiger partial charge in [-0.25, -0.2) is 0 Å². The lowest BCUT2D eigenvalue weighted by molar-refractivity contribution is -0.141. The van der Waals surface area contributed by atoms with Gasteiger partial charge >= 0.3 is 5.97 Å². The Morgan fingerprint density at radius 2 is 2.04 bits per heavy atom. The maximum atomic E-state index is 12.6. The van der Waals surface area contributed by atoms with Crippen LogP contribution in [0.1, 0.15) is 47.8 Å². The third-order valence-electron chi connectivity index (χ3n) is 5.09. The first-order valence-corrected chi connectivity index (χ1v) is 9.26. The molecule has 1 aromatic carbocycles. The second-order valence-corrected chi connectivity index (χ2v) is 6.86. The molecule has 2 aromatic rings. The van der Waals surface area contributed by atoms with Gasteiger partial charge in [-0.05, 0) is 37.0 Å². The smallest absolute Gasteiger partial charge is 0.308 e. The van der Waals surface area contributed by atoms with E-state index in [1.54, 1.807) is 30.1 Å². The molecule has 2 N–H and O–H groups in total. The van der Waals surface area contributed by atoms with Crippen LogP contribution >= 0.6 is 0 Å². The maximum Gasteiger partial charge on any atom is 0.308 e. The molecular formula is C20H25N3O4. The van der Waals surface area contributed by atoms with Crippen LogP contribution in [0.25, 0.3) is 0 Å². The number of hydrogen-bond donors (Lipinski definition) is 2. The number of hydrogen-bond acceptors (Lipinski definition) is 4. The molecule has 0 bridgehead atoms. The molecule has 1 aliphatic carbocycles. The monoisotopic (exact) mass is 371 g/mol. The van der Waals surface area contributed by atoms with Gasteiger partial charge < -0.3 is 15.2 Å². The van der Waals surface area contributed by atoms with E-state index < -0.39 is 11.9 Å². The van der Waals surface area contributed by atoms with E-state index in [2.05, 4.69) is 10.4 Å². The average Bonchev–Trinajstić information content (AvgIpc) is 3.35. The first kappa shape index (κ1) is 18.9. The van der Waals surface area contributed by atoms with Gasteiger partial charge in [0.15, 0.2) is 0 Å². The van der Waals surface area contributed by atoms with E-state index >= 15 is 0 Å². The van der Waals surface area contributed by atoms with Crippen molar-refractivity contribution in [1.82, 2.24) is 15.1 Å². The number of aliphatic carboxylic acids is 1. The predicted molar refractivity (Wildman–Crippen MR) is 99.9 cm³/mol. The minimum absolute atomic E-state index is 0.0437. The van der Waals surface area contributed by atoms with Crippen LogP contribution in [0.15, 0.2) is 36.5 Å². The first-order chi connectivity index (χ1) is 13.1. The Hall–Kier alpha value is -2.83. The van der Waals surface area contributed by atoms with Crippen LogP contribution in [0.3, 0.4) is 0 Å². The molecule has 1 fully saturated rings. The van der Waals surface area contributed by atoms with Gasteiger partial charge in [-0.3, -0.25) is 14.3 Å². The van der Waals surface area contributed by atoms with Gasteiger partial charge in [0.1, 0.15) is 11.4 Å². The van der Waals surface area contributed by atoms with E-state index in [-0.39, 0.29) is 24.9 Å². The van der Waals surface area contributed by atoms with Crippen molar-refractivity contribution in [3.8, 4) is 5.75 Å². The molecule has 27 heavy (non-hydrogen) atoms. The molecule has 1 unspecified atom stereocenters. The van der Waals surface area contributed by atoms with Crippen LogP contribution in [-0.4, -0.2) is 40.4 Å². The summed E-state index contributed by atoms with van der Waals surface area (Å²) in [7, 11) is 1.56. The number of rotatable bonds is 8. The second-order valence-electron chi connectivity index (χ2n) is 6.86. The number of carbonyl (C=O) groups excluding carboxylic acids is 1. The summed E-state index contributed by atoms with van der Waals surface area (Å²) < 4.78 is 7.07. The number of aromatic nitrogens is 2. The largest absolute Gasteiger partial charge is 0.496 e. The molecule has 0 radical (unpaired) electrons. The molecule has 0 aliphatic heterocycles.